The number of pyridine rings is 1. The second-order valence-corrected chi connectivity index (χ2v) is 4.45. The Morgan fingerprint density at radius 1 is 1.55 bits per heavy atom. The summed E-state index contributed by atoms with van der Waals surface area (Å²) >= 11 is 0. The monoisotopic (exact) mass is 277 g/mol. The number of piperazine rings is 1. The zero-order valence-electron chi connectivity index (χ0n) is 11.0. The lowest BCUT2D eigenvalue weighted by atomic mass is 10.1. The number of carboxylic acid groups (broad SMARTS) is 1. The number of carboxylic acids is 1. The average molecular weight is 277 g/mol. The topological polar surface area (TPSA) is 99.6 Å². The fourth-order valence-electron chi connectivity index (χ4n) is 2.21. The summed E-state index contributed by atoms with van der Waals surface area (Å²) < 4.78 is 0. The van der Waals surface area contributed by atoms with Gasteiger partial charge in [0.2, 0.25) is 5.91 Å². The summed E-state index contributed by atoms with van der Waals surface area (Å²) in [5, 5.41) is 11.6. The SMILES string of the molecule is CCC1C(=O)NCCN1C(=O)c1ccnc(C(=O)O)c1. The van der Waals surface area contributed by atoms with Gasteiger partial charge in [-0.2, -0.15) is 0 Å². The first kappa shape index (κ1) is 14.0. The summed E-state index contributed by atoms with van der Waals surface area (Å²) in [5.41, 5.74) is 0.0379. The number of rotatable bonds is 3. The van der Waals surface area contributed by atoms with Crippen molar-refractivity contribution in [2.75, 3.05) is 13.1 Å². The minimum Gasteiger partial charge on any atom is -0.477 e. The quantitative estimate of drug-likeness (QED) is 0.818. The van der Waals surface area contributed by atoms with E-state index in [1.54, 1.807) is 0 Å². The van der Waals surface area contributed by atoms with Crippen LogP contribution in [0.2, 0.25) is 0 Å². The average Bonchev–Trinajstić information content (AvgIpc) is 2.46. The molecular weight excluding hydrogens is 262 g/mol. The summed E-state index contributed by atoms with van der Waals surface area (Å²) in [4.78, 5) is 40.2. The molecule has 1 aromatic heterocycles. The number of hydrogen-bond donors (Lipinski definition) is 2. The molecule has 0 saturated carbocycles. The molecule has 0 spiro atoms. The number of carbonyl (C=O) groups excluding carboxylic acids is 2. The first-order valence-corrected chi connectivity index (χ1v) is 6.32. The summed E-state index contributed by atoms with van der Waals surface area (Å²) in [7, 11) is 0. The zero-order chi connectivity index (χ0) is 14.7. The molecule has 0 radical (unpaired) electrons. The summed E-state index contributed by atoms with van der Waals surface area (Å²) in [6.45, 7) is 2.64. The van der Waals surface area contributed by atoms with Gasteiger partial charge in [0, 0.05) is 24.8 Å². The first-order valence-electron chi connectivity index (χ1n) is 6.32. The number of hydrogen-bond acceptors (Lipinski definition) is 4. The molecule has 0 aliphatic carbocycles. The Labute approximate surface area is 115 Å². The molecule has 1 fully saturated rings. The summed E-state index contributed by atoms with van der Waals surface area (Å²) in [6.07, 6.45) is 1.79. The van der Waals surface area contributed by atoms with Gasteiger partial charge in [-0.1, -0.05) is 6.92 Å². The third kappa shape index (κ3) is 2.61. The molecule has 1 aromatic rings. The Hall–Kier alpha value is -2.44. The van der Waals surface area contributed by atoms with E-state index in [4.69, 9.17) is 5.11 Å². The maximum Gasteiger partial charge on any atom is 0.354 e. The van der Waals surface area contributed by atoms with E-state index >= 15 is 0 Å². The highest BCUT2D eigenvalue weighted by molar-refractivity contribution is 5.99. The van der Waals surface area contributed by atoms with Gasteiger partial charge in [0.1, 0.15) is 11.7 Å². The normalized spacial score (nSPS) is 18.6. The van der Waals surface area contributed by atoms with Gasteiger partial charge < -0.3 is 15.3 Å². The van der Waals surface area contributed by atoms with Crippen molar-refractivity contribution in [1.29, 1.82) is 0 Å². The van der Waals surface area contributed by atoms with Gasteiger partial charge in [0.15, 0.2) is 0 Å². The van der Waals surface area contributed by atoms with Crippen molar-refractivity contribution in [1.82, 2.24) is 15.2 Å². The van der Waals surface area contributed by atoms with Gasteiger partial charge in [0.25, 0.3) is 5.91 Å². The molecule has 2 rings (SSSR count). The van der Waals surface area contributed by atoms with Crippen LogP contribution in [0.5, 0.6) is 0 Å². The van der Waals surface area contributed by atoms with Crippen molar-refractivity contribution in [3.63, 3.8) is 0 Å². The molecule has 7 heteroatoms. The molecule has 1 unspecified atom stereocenters. The fraction of sp³-hybridized carbons (Fsp3) is 0.385. The van der Waals surface area contributed by atoms with Crippen molar-refractivity contribution in [3.8, 4) is 0 Å². The van der Waals surface area contributed by atoms with Crippen molar-refractivity contribution in [2.45, 2.75) is 19.4 Å². The number of aromatic nitrogens is 1. The lowest BCUT2D eigenvalue weighted by Crippen LogP contribution is -2.56. The molecule has 2 amide bonds. The number of amides is 2. The van der Waals surface area contributed by atoms with E-state index in [0.717, 1.165) is 0 Å². The predicted octanol–water partition coefficient (Wildman–Crippen LogP) is 0.130. The largest absolute Gasteiger partial charge is 0.477 e. The third-order valence-corrected chi connectivity index (χ3v) is 3.20. The predicted molar refractivity (Wildman–Crippen MR) is 69.3 cm³/mol. The number of carbonyl (C=O) groups is 3. The molecular formula is C13H15N3O4. The van der Waals surface area contributed by atoms with Crippen LogP contribution in [0.15, 0.2) is 18.3 Å². The number of nitrogens with zero attached hydrogens (tertiary/aromatic N) is 2. The Morgan fingerprint density at radius 2 is 2.30 bits per heavy atom. The van der Waals surface area contributed by atoms with E-state index in [-0.39, 0.29) is 23.1 Å². The smallest absolute Gasteiger partial charge is 0.354 e. The standard InChI is InChI=1S/C13H15N3O4/c1-2-10-11(17)15-5-6-16(10)12(18)8-3-4-14-9(7-8)13(19)20/h3-4,7,10H,2,5-6H2,1H3,(H,15,17)(H,19,20). The number of nitrogens with one attached hydrogen (secondary N) is 1. The maximum absolute atomic E-state index is 12.4. The van der Waals surface area contributed by atoms with Crippen LogP contribution < -0.4 is 5.32 Å². The molecule has 0 bridgehead atoms. The third-order valence-electron chi connectivity index (χ3n) is 3.20. The van der Waals surface area contributed by atoms with Crippen LogP contribution >= 0.6 is 0 Å². The molecule has 1 aliphatic heterocycles. The molecule has 106 valence electrons. The molecule has 7 nitrogen and oxygen atoms in total. The highest BCUT2D eigenvalue weighted by atomic mass is 16.4. The minimum atomic E-state index is -1.19. The van der Waals surface area contributed by atoms with Gasteiger partial charge >= 0.3 is 5.97 Å². The van der Waals surface area contributed by atoms with Crippen LogP contribution in [-0.4, -0.2) is 51.9 Å². The molecule has 0 aromatic carbocycles. The highest BCUT2D eigenvalue weighted by Crippen LogP contribution is 2.14. The molecule has 1 aliphatic rings. The van der Waals surface area contributed by atoms with Gasteiger partial charge in [-0.25, -0.2) is 9.78 Å². The van der Waals surface area contributed by atoms with E-state index in [9.17, 15) is 14.4 Å². The Morgan fingerprint density at radius 3 is 2.95 bits per heavy atom. The van der Waals surface area contributed by atoms with Crippen LogP contribution in [-0.2, 0) is 4.79 Å². The van der Waals surface area contributed by atoms with Crippen molar-refractivity contribution < 1.29 is 19.5 Å². The van der Waals surface area contributed by atoms with Crippen molar-refractivity contribution in [2.24, 2.45) is 0 Å². The molecule has 2 heterocycles. The highest BCUT2D eigenvalue weighted by Gasteiger charge is 2.32. The summed E-state index contributed by atoms with van der Waals surface area (Å²) in [5.74, 6) is -1.72. The van der Waals surface area contributed by atoms with Crippen molar-refractivity contribution in [3.05, 3.63) is 29.6 Å². The maximum atomic E-state index is 12.4. The van der Waals surface area contributed by atoms with Gasteiger partial charge in [-0.15, -0.1) is 0 Å². The van der Waals surface area contributed by atoms with E-state index < -0.39 is 12.0 Å². The fourth-order valence-corrected chi connectivity index (χ4v) is 2.21. The molecule has 20 heavy (non-hydrogen) atoms. The minimum absolute atomic E-state index is 0.181. The molecule has 1 atom stereocenters. The Balaban J connectivity index is 2.28. The molecule has 2 N–H and O–H groups in total. The second kappa shape index (κ2) is 5.68. The molecule has 1 saturated heterocycles. The first-order chi connectivity index (χ1) is 9.54. The van der Waals surface area contributed by atoms with Crippen LogP contribution in [0.4, 0.5) is 0 Å². The van der Waals surface area contributed by atoms with Crippen LogP contribution in [0.1, 0.15) is 34.2 Å². The van der Waals surface area contributed by atoms with E-state index in [1.165, 1.54) is 23.2 Å². The lowest BCUT2D eigenvalue weighted by Gasteiger charge is -2.34. The number of aromatic carboxylic acids is 1. The second-order valence-electron chi connectivity index (χ2n) is 4.45. The van der Waals surface area contributed by atoms with E-state index in [0.29, 0.717) is 19.5 Å². The van der Waals surface area contributed by atoms with Crippen LogP contribution in [0, 0.1) is 0 Å². The van der Waals surface area contributed by atoms with Crippen LogP contribution in [0.3, 0.4) is 0 Å². The van der Waals surface area contributed by atoms with E-state index in [2.05, 4.69) is 10.3 Å². The zero-order valence-corrected chi connectivity index (χ0v) is 11.0. The van der Waals surface area contributed by atoms with Gasteiger partial charge in [-0.05, 0) is 18.6 Å². The van der Waals surface area contributed by atoms with Crippen LogP contribution in [0.25, 0.3) is 0 Å². The van der Waals surface area contributed by atoms with Crippen molar-refractivity contribution >= 4 is 17.8 Å². The Kier molecular flexibility index (Phi) is 3.97. The van der Waals surface area contributed by atoms with E-state index in [1.807, 2.05) is 6.92 Å². The van der Waals surface area contributed by atoms with Gasteiger partial charge in [-0.3, -0.25) is 9.59 Å². The van der Waals surface area contributed by atoms with Gasteiger partial charge in [0.05, 0.1) is 0 Å². The lowest BCUT2D eigenvalue weighted by molar-refractivity contribution is -0.127. The summed E-state index contributed by atoms with van der Waals surface area (Å²) in [6, 6.07) is 2.16. The Bertz CT molecular complexity index is 558.